The first-order valence-electron chi connectivity index (χ1n) is 5.86. The smallest absolute Gasteiger partial charge is 0.255 e. The molecule has 0 bridgehead atoms. The van der Waals surface area contributed by atoms with Crippen LogP contribution in [0.2, 0.25) is 5.02 Å². The Morgan fingerprint density at radius 2 is 2.44 bits per heavy atom. The van der Waals surface area contributed by atoms with Crippen molar-refractivity contribution in [1.29, 1.82) is 0 Å². The minimum atomic E-state index is -0.0750. The predicted molar refractivity (Wildman–Crippen MR) is 70.1 cm³/mol. The maximum absolute atomic E-state index is 12.4. The molecule has 1 unspecified atom stereocenters. The van der Waals surface area contributed by atoms with E-state index in [1.165, 1.54) is 6.20 Å². The van der Waals surface area contributed by atoms with Crippen molar-refractivity contribution >= 4 is 23.3 Å². The van der Waals surface area contributed by atoms with Crippen LogP contribution < -0.4 is 5.32 Å². The second kappa shape index (κ2) is 5.54. The molecule has 5 nitrogen and oxygen atoms in total. The van der Waals surface area contributed by atoms with E-state index in [1.54, 1.807) is 18.0 Å². The monoisotopic (exact) mass is 269 g/mol. The number of amides is 1. The third-order valence-corrected chi connectivity index (χ3v) is 3.17. The van der Waals surface area contributed by atoms with Crippen LogP contribution in [0, 0.1) is 0 Å². The number of anilines is 1. The average molecular weight is 270 g/mol. The summed E-state index contributed by atoms with van der Waals surface area (Å²) in [7, 11) is 1.75. The first kappa shape index (κ1) is 13.1. The Balaban J connectivity index is 2.22. The van der Waals surface area contributed by atoms with Crippen molar-refractivity contribution in [2.45, 2.75) is 13.0 Å². The first-order chi connectivity index (χ1) is 8.61. The van der Waals surface area contributed by atoms with Gasteiger partial charge in [-0.1, -0.05) is 11.6 Å². The topological polar surface area (TPSA) is 54.5 Å². The number of hydrogen-bond acceptors (Lipinski definition) is 4. The van der Waals surface area contributed by atoms with E-state index < -0.39 is 0 Å². The van der Waals surface area contributed by atoms with E-state index in [-0.39, 0.29) is 12.0 Å². The van der Waals surface area contributed by atoms with Crippen LogP contribution in [-0.4, -0.2) is 48.6 Å². The second-order valence-corrected chi connectivity index (χ2v) is 4.64. The third kappa shape index (κ3) is 2.73. The van der Waals surface area contributed by atoms with Gasteiger partial charge in [0, 0.05) is 26.3 Å². The van der Waals surface area contributed by atoms with Crippen molar-refractivity contribution in [3.63, 3.8) is 0 Å². The Morgan fingerprint density at radius 1 is 1.67 bits per heavy atom. The second-order valence-electron chi connectivity index (χ2n) is 4.23. The number of rotatable bonds is 2. The molecular weight excluding hydrogens is 254 g/mol. The molecule has 2 rings (SSSR count). The number of nitrogens with zero attached hydrogens (tertiary/aromatic N) is 2. The van der Waals surface area contributed by atoms with Gasteiger partial charge in [-0.05, 0) is 13.0 Å². The zero-order valence-corrected chi connectivity index (χ0v) is 11.2. The summed E-state index contributed by atoms with van der Waals surface area (Å²) in [6.07, 6.45) is 1.55. The number of aromatic nitrogens is 1. The van der Waals surface area contributed by atoms with Gasteiger partial charge in [0.1, 0.15) is 5.82 Å². The molecule has 1 aliphatic heterocycles. The Morgan fingerprint density at radius 3 is 3.11 bits per heavy atom. The lowest BCUT2D eigenvalue weighted by molar-refractivity contribution is -0.0124. The lowest BCUT2D eigenvalue weighted by Crippen LogP contribution is -2.44. The molecule has 1 saturated heterocycles. The highest BCUT2D eigenvalue weighted by molar-refractivity contribution is 6.33. The highest BCUT2D eigenvalue weighted by Gasteiger charge is 2.24. The van der Waals surface area contributed by atoms with Gasteiger partial charge in [0.05, 0.1) is 23.3 Å². The molecule has 0 aromatic carbocycles. The standard InChI is InChI=1S/C12H16ClN3O2/c1-8-7-16(3-4-18-8)12(17)9-5-11(14-2)15-6-10(9)13/h5-6,8H,3-4,7H2,1-2H3,(H,14,15). The normalized spacial score (nSPS) is 19.7. The summed E-state index contributed by atoms with van der Waals surface area (Å²) in [5.74, 6) is 0.554. The van der Waals surface area contributed by atoms with Gasteiger partial charge in [-0.3, -0.25) is 4.79 Å². The lowest BCUT2D eigenvalue weighted by atomic mass is 10.2. The average Bonchev–Trinajstić information content (AvgIpc) is 2.38. The van der Waals surface area contributed by atoms with Gasteiger partial charge >= 0.3 is 0 Å². The lowest BCUT2D eigenvalue weighted by Gasteiger charge is -2.31. The zero-order valence-electron chi connectivity index (χ0n) is 10.4. The van der Waals surface area contributed by atoms with E-state index in [2.05, 4.69) is 10.3 Å². The first-order valence-corrected chi connectivity index (χ1v) is 6.23. The number of pyridine rings is 1. The molecule has 6 heteroatoms. The largest absolute Gasteiger partial charge is 0.375 e. The van der Waals surface area contributed by atoms with E-state index in [0.29, 0.717) is 36.1 Å². The van der Waals surface area contributed by atoms with Crippen LogP contribution in [0.15, 0.2) is 12.3 Å². The molecule has 1 aromatic rings. The summed E-state index contributed by atoms with van der Waals surface area (Å²) in [4.78, 5) is 18.2. The van der Waals surface area contributed by atoms with Crippen molar-refractivity contribution in [3.8, 4) is 0 Å². The molecule has 1 fully saturated rings. The highest BCUT2D eigenvalue weighted by Crippen LogP contribution is 2.20. The van der Waals surface area contributed by atoms with Crippen molar-refractivity contribution < 1.29 is 9.53 Å². The van der Waals surface area contributed by atoms with Gasteiger partial charge in [0.15, 0.2) is 0 Å². The zero-order chi connectivity index (χ0) is 13.1. The Kier molecular flexibility index (Phi) is 4.04. The van der Waals surface area contributed by atoms with Crippen LogP contribution >= 0.6 is 11.6 Å². The molecule has 0 aliphatic carbocycles. The summed E-state index contributed by atoms with van der Waals surface area (Å²) in [5.41, 5.74) is 0.477. The van der Waals surface area contributed by atoms with E-state index in [4.69, 9.17) is 16.3 Å². The van der Waals surface area contributed by atoms with Crippen LogP contribution in [0.3, 0.4) is 0 Å². The molecule has 0 saturated carbocycles. The van der Waals surface area contributed by atoms with E-state index in [0.717, 1.165) is 0 Å². The fourth-order valence-electron chi connectivity index (χ4n) is 1.91. The number of halogens is 1. The van der Waals surface area contributed by atoms with E-state index in [1.807, 2.05) is 6.92 Å². The van der Waals surface area contributed by atoms with E-state index >= 15 is 0 Å². The summed E-state index contributed by atoms with van der Waals surface area (Å²) < 4.78 is 5.42. The van der Waals surface area contributed by atoms with Gasteiger partial charge in [-0.2, -0.15) is 0 Å². The van der Waals surface area contributed by atoms with E-state index in [9.17, 15) is 4.79 Å². The SMILES string of the molecule is CNc1cc(C(=O)N2CCOC(C)C2)c(Cl)cn1. The number of nitrogens with one attached hydrogen (secondary N) is 1. The fraction of sp³-hybridized carbons (Fsp3) is 0.500. The molecule has 0 spiro atoms. The summed E-state index contributed by atoms with van der Waals surface area (Å²) in [6.45, 7) is 3.70. The summed E-state index contributed by atoms with van der Waals surface area (Å²) in [5, 5.41) is 3.27. The number of carbonyl (C=O) groups excluding carboxylic acids is 1. The molecular formula is C12H16ClN3O2. The Hall–Kier alpha value is -1.33. The Labute approximate surface area is 111 Å². The molecule has 98 valence electrons. The highest BCUT2D eigenvalue weighted by atomic mass is 35.5. The molecule has 18 heavy (non-hydrogen) atoms. The quantitative estimate of drug-likeness (QED) is 0.887. The van der Waals surface area contributed by atoms with Crippen molar-refractivity contribution in [2.75, 3.05) is 32.1 Å². The van der Waals surface area contributed by atoms with Crippen LogP contribution in [0.1, 0.15) is 17.3 Å². The van der Waals surface area contributed by atoms with Gasteiger partial charge in [-0.15, -0.1) is 0 Å². The fourth-order valence-corrected chi connectivity index (χ4v) is 2.10. The van der Waals surface area contributed by atoms with Crippen molar-refractivity contribution in [2.24, 2.45) is 0 Å². The van der Waals surface area contributed by atoms with Crippen LogP contribution in [-0.2, 0) is 4.74 Å². The maximum atomic E-state index is 12.4. The van der Waals surface area contributed by atoms with Gasteiger partial charge in [0.2, 0.25) is 0 Å². The number of hydrogen-bond donors (Lipinski definition) is 1. The number of ether oxygens (including phenoxy) is 1. The van der Waals surface area contributed by atoms with Gasteiger partial charge in [0.25, 0.3) is 5.91 Å². The van der Waals surface area contributed by atoms with Crippen molar-refractivity contribution in [1.82, 2.24) is 9.88 Å². The minimum Gasteiger partial charge on any atom is -0.375 e. The van der Waals surface area contributed by atoms with Crippen LogP contribution in [0.4, 0.5) is 5.82 Å². The maximum Gasteiger partial charge on any atom is 0.255 e. The van der Waals surface area contributed by atoms with Gasteiger partial charge < -0.3 is 15.0 Å². The van der Waals surface area contributed by atoms with Crippen molar-refractivity contribution in [3.05, 3.63) is 22.8 Å². The van der Waals surface area contributed by atoms with Gasteiger partial charge in [-0.25, -0.2) is 4.98 Å². The molecule has 1 aromatic heterocycles. The molecule has 0 radical (unpaired) electrons. The summed E-state index contributed by atoms with van der Waals surface area (Å²) in [6, 6.07) is 1.67. The Bertz CT molecular complexity index is 453. The molecule has 1 N–H and O–H groups in total. The molecule has 2 heterocycles. The number of morpholine rings is 1. The minimum absolute atomic E-state index is 0.0621. The van der Waals surface area contributed by atoms with Crippen LogP contribution in [0.5, 0.6) is 0 Å². The molecule has 1 aliphatic rings. The number of carbonyl (C=O) groups is 1. The van der Waals surface area contributed by atoms with Crippen LogP contribution in [0.25, 0.3) is 0 Å². The molecule has 1 amide bonds. The molecule has 1 atom stereocenters. The summed E-state index contributed by atoms with van der Waals surface area (Å²) >= 11 is 6.03. The third-order valence-electron chi connectivity index (χ3n) is 2.87. The predicted octanol–water partition coefficient (Wildman–Crippen LogP) is 1.64.